The molecule has 0 saturated heterocycles. The van der Waals surface area contributed by atoms with Crippen LogP contribution in [0.15, 0.2) is 0 Å². The largest absolute Gasteiger partial charge is 0.480 e. The smallest absolute Gasteiger partial charge is 0.326 e. The molecular weight excluding hydrogens is 256 g/mol. The second kappa shape index (κ2) is 8.12. The van der Waals surface area contributed by atoms with Gasteiger partial charge >= 0.3 is 12.0 Å². The fourth-order valence-corrected chi connectivity index (χ4v) is 2.77. The van der Waals surface area contributed by atoms with Gasteiger partial charge in [-0.05, 0) is 37.5 Å². The van der Waals surface area contributed by atoms with Crippen LogP contribution in [0, 0.1) is 11.8 Å². The zero-order chi connectivity index (χ0) is 15.1. The molecule has 5 nitrogen and oxygen atoms in total. The quantitative estimate of drug-likeness (QED) is 0.701. The Hall–Kier alpha value is -1.26. The van der Waals surface area contributed by atoms with E-state index < -0.39 is 12.0 Å². The third kappa shape index (κ3) is 5.02. The first-order valence-corrected chi connectivity index (χ1v) is 7.77. The van der Waals surface area contributed by atoms with Crippen LogP contribution in [0.25, 0.3) is 0 Å². The third-order valence-corrected chi connectivity index (χ3v) is 4.52. The molecule has 2 amide bonds. The van der Waals surface area contributed by atoms with Gasteiger partial charge < -0.3 is 15.7 Å². The van der Waals surface area contributed by atoms with Crippen LogP contribution in [-0.2, 0) is 4.79 Å². The molecule has 20 heavy (non-hydrogen) atoms. The lowest BCUT2D eigenvalue weighted by Crippen LogP contribution is -2.51. The van der Waals surface area contributed by atoms with Crippen LogP contribution in [-0.4, -0.2) is 29.2 Å². The minimum Gasteiger partial charge on any atom is -0.480 e. The lowest BCUT2D eigenvalue weighted by molar-refractivity contribution is -0.140. The minimum atomic E-state index is -0.968. The number of hydrogen-bond donors (Lipinski definition) is 3. The van der Waals surface area contributed by atoms with Gasteiger partial charge in [0.1, 0.15) is 6.04 Å². The van der Waals surface area contributed by atoms with Gasteiger partial charge in [0.15, 0.2) is 0 Å². The van der Waals surface area contributed by atoms with E-state index in [2.05, 4.69) is 17.6 Å². The number of amides is 2. The molecular formula is C15H28N2O3. The molecule has 0 bridgehead atoms. The number of aliphatic carboxylic acids is 1. The Balaban J connectivity index is 2.40. The number of urea groups is 1. The lowest BCUT2D eigenvalue weighted by atomic mass is 9.84. The number of carboxylic acid groups (broad SMARTS) is 1. The van der Waals surface area contributed by atoms with Crippen molar-refractivity contribution < 1.29 is 14.7 Å². The standard InChI is InChI=1S/C15H28N2O3/c1-4-10(3)13(14(18)19)17-15(20)16-12-8-6-11(5-2)7-9-12/h10-13H,4-9H2,1-3H3,(H,18,19)(H2,16,17,20)/t10?,11?,12?,13-/m0/s1. The van der Waals surface area contributed by atoms with Crippen LogP contribution in [0.2, 0.25) is 0 Å². The van der Waals surface area contributed by atoms with E-state index in [1.807, 2.05) is 13.8 Å². The molecule has 5 heteroatoms. The molecule has 0 spiro atoms. The molecule has 1 rings (SSSR count). The van der Waals surface area contributed by atoms with E-state index in [0.717, 1.165) is 38.0 Å². The van der Waals surface area contributed by atoms with Crippen LogP contribution in [0.1, 0.15) is 59.3 Å². The molecule has 1 aliphatic carbocycles. The van der Waals surface area contributed by atoms with Crippen molar-refractivity contribution in [1.29, 1.82) is 0 Å². The molecule has 0 heterocycles. The van der Waals surface area contributed by atoms with Crippen molar-refractivity contribution in [1.82, 2.24) is 10.6 Å². The van der Waals surface area contributed by atoms with Crippen LogP contribution in [0.4, 0.5) is 4.79 Å². The number of hydrogen-bond acceptors (Lipinski definition) is 2. The normalized spacial score (nSPS) is 25.6. The van der Waals surface area contributed by atoms with Gasteiger partial charge in [-0.3, -0.25) is 0 Å². The van der Waals surface area contributed by atoms with E-state index in [1.165, 1.54) is 6.42 Å². The molecule has 2 atom stereocenters. The molecule has 1 unspecified atom stereocenters. The van der Waals surface area contributed by atoms with Gasteiger partial charge in [-0.25, -0.2) is 9.59 Å². The first-order chi connectivity index (χ1) is 9.47. The van der Waals surface area contributed by atoms with Crippen molar-refractivity contribution in [3.8, 4) is 0 Å². The number of carbonyl (C=O) groups is 2. The van der Waals surface area contributed by atoms with E-state index in [4.69, 9.17) is 5.11 Å². The van der Waals surface area contributed by atoms with E-state index in [1.54, 1.807) is 0 Å². The minimum absolute atomic E-state index is 0.0749. The predicted molar refractivity (Wildman–Crippen MR) is 78.6 cm³/mol. The molecule has 1 saturated carbocycles. The Labute approximate surface area is 121 Å². The third-order valence-electron chi connectivity index (χ3n) is 4.52. The highest BCUT2D eigenvalue weighted by Crippen LogP contribution is 2.26. The summed E-state index contributed by atoms with van der Waals surface area (Å²) in [6.45, 7) is 5.96. The van der Waals surface area contributed by atoms with Crippen molar-refractivity contribution in [2.24, 2.45) is 11.8 Å². The van der Waals surface area contributed by atoms with Gasteiger partial charge in [0.2, 0.25) is 0 Å². The molecule has 0 aromatic rings. The van der Waals surface area contributed by atoms with Crippen molar-refractivity contribution in [2.45, 2.75) is 71.4 Å². The van der Waals surface area contributed by atoms with Crippen LogP contribution in [0.5, 0.6) is 0 Å². The van der Waals surface area contributed by atoms with Crippen molar-refractivity contribution in [2.75, 3.05) is 0 Å². The average molecular weight is 284 g/mol. The Kier molecular flexibility index (Phi) is 6.82. The van der Waals surface area contributed by atoms with Crippen molar-refractivity contribution in [3.05, 3.63) is 0 Å². The number of carboxylic acids is 1. The highest BCUT2D eigenvalue weighted by Gasteiger charge is 2.27. The monoisotopic (exact) mass is 284 g/mol. The average Bonchev–Trinajstić information content (AvgIpc) is 2.44. The van der Waals surface area contributed by atoms with E-state index in [0.29, 0.717) is 0 Å². The first-order valence-electron chi connectivity index (χ1n) is 7.77. The molecule has 0 aromatic heterocycles. The first kappa shape index (κ1) is 16.8. The number of rotatable bonds is 6. The van der Waals surface area contributed by atoms with Crippen LogP contribution >= 0.6 is 0 Å². The number of carbonyl (C=O) groups excluding carboxylic acids is 1. The van der Waals surface area contributed by atoms with Gasteiger partial charge in [-0.15, -0.1) is 0 Å². The topological polar surface area (TPSA) is 78.4 Å². The van der Waals surface area contributed by atoms with Crippen molar-refractivity contribution >= 4 is 12.0 Å². The van der Waals surface area contributed by atoms with Crippen LogP contribution in [0.3, 0.4) is 0 Å². The summed E-state index contributed by atoms with van der Waals surface area (Å²) in [4.78, 5) is 23.1. The second-order valence-electron chi connectivity index (χ2n) is 5.95. The number of nitrogens with one attached hydrogen (secondary N) is 2. The fourth-order valence-electron chi connectivity index (χ4n) is 2.77. The Morgan fingerprint density at radius 3 is 2.25 bits per heavy atom. The molecule has 3 N–H and O–H groups in total. The van der Waals surface area contributed by atoms with Gasteiger partial charge in [-0.1, -0.05) is 33.6 Å². The molecule has 0 aliphatic heterocycles. The Morgan fingerprint density at radius 1 is 1.20 bits per heavy atom. The van der Waals surface area contributed by atoms with Crippen LogP contribution < -0.4 is 10.6 Å². The maximum absolute atomic E-state index is 11.9. The maximum atomic E-state index is 11.9. The summed E-state index contributed by atoms with van der Waals surface area (Å²) < 4.78 is 0. The summed E-state index contributed by atoms with van der Waals surface area (Å²) in [7, 11) is 0. The summed E-state index contributed by atoms with van der Waals surface area (Å²) >= 11 is 0. The Morgan fingerprint density at radius 2 is 1.80 bits per heavy atom. The highest BCUT2D eigenvalue weighted by molar-refractivity contribution is 5.82. The van der Waals surface area contributed by atoms with E-state index in [9.17, 15) is 9.59 Å². The summed E-state index contributed by atoms with van der Waals surface area (Å²) in [5, 5.41) is 14.7. The van der Waals surface area contributed by atoms with Gasteiger partial charge in [0, 0.05) is 6.04 Å². The summed E-state index contributed by atoms with van der Waals surface area (Å²) in [5.41, 5.74) is 0. The van der Waals surface area contributed by atoms with E-state index >= 15 is 0 Å². The summed E-state index contributed by atoms with van der Waals surface area (Å²) in [5.74, 6) is -0.263. The van der Waals surface area contributed by atoms with Gasteiger partial charge in [0.25, 0.3) is 0 Å². The zero-order valence-electron chi connectivity index (χ0n) is 12.8. The molecule has 1 aliphatic rings. The molecule has 116 valence electrons. The zero-order valence-corrected chi connectivity index (χ0v) is 12.8. The maximum Gasteiger partial charge on any atom is 0.326 e. The Bertz CT molecular complexity index is 325. The molecule has 0 radical (unpaired) electrons. The summed E-state index contributed by atoms with van der Waals surface area (Å²) in [6, 6.07) is -0.978. The molecule has 1 fully saturated rings. The fraction of sp³-hybridized carbons (Fsp3) is 0.867. The predicted octanol–water partition coefficient (Wildman–Crippen LogP) is 2.75. The van der Waals surface area contributed by atoms with Crippen molar-refractivity contribution in [3.63, 3.8) is 0 Å². The van der Waals surface area contributed by atoms with Gasteiger partial charge in [0.05, 0.1) is 0 Å². The summed E-state index contributed by atoms with van der Waals surface area (Å²) in [6.07, 6.45) is 6.21. The SMILES string of the molecule is CCC1CCC(NC(=O)N[C@H](C(=O)O)C(C)CC)CC1. The highest BCUT2D eigenvalue weighted by atomic mass is 16.4. The second-order valence-corrected chi connectivity index (χ2v) is 5.95. The lowest BCUT2D eigenvalue weighted by Gasteiger charge is -2.29. The molecule has 0 aromatic carbocycles. The van der Waals surface area contributed by atoms with E-state index in [-0.39, 0.29) is 18.0 Å². The van der Waals surface area contributed by atoms with Gasteiger partial charge in [-0.2, -0.15) is 0 Å².